The van der Waals surface area contributed by atoms with Crippen LogP contribution >= 0.6 is 0 Å². The Morgan fingerprint density at radius 2 is 1.81 bits per heavy atom. The van der Waals surface area contributed by atoms with Crippen molar-refractivity contribution >= 4 is 0 Å². The van der Waals surface area contributed by atoms with E-state index in [4.69, 9.17) is 4.42 Å². The normalized spacial score (nSPS) is 23.7. The molecule has 0 unspecified atom stereocenters. The lowest BCUT2D eigenvalue weighted by Crippen LogP contribution is -2.25. The smallest absolute Gasteiger partial charge is 0.191 e. The van der Waals surface area contributed by atoms with E-state index in [1.807, 2.05) is 0 Å². The largest absolute Gasteiger partial charge is 0.465 e. The molecular formula is C14H18O2. The Morgan fingerprint density at radius 1 is 1.06 bits per heavy atom. The Kier molecular flexibility index (Phi) is 2.38. The molecule has 0 radical (unpaired) electrons. The molecule has 0 aromatic carbocycles. The molecule has 1 atom stereocenters. The van der Waals surface area contributed by atoms with Crippen molar-refractivity contribution in [2.75, 3.05) is 0 Å². The summed E-state index contributed by atoms with van der Waals surface area (Å²) in [5.74, 6) is 2.42. The third-order valence-corrected chi connectivity index (χ3v) is 4.01. The van der Waals surface area contributed by atoms with E-state index in [1.54, 1.807) is 0 Å². The second-order valence-corrected chi connectivity index (χ2v) is 5.18. The molecule has 0 spiro atoms. The lowest BCUT2D eigenvalue weighted by atomic mass is 9.86. The minimum absolute atomic E-state index is 0.308. The van der Waals surface area contributed by atoms with E-state index in [0.717, 1.165) is 61.2 Å². The van der Waals surface area contributed by atoms with Crippen molar-refractivity contribution in [3.05, 3.63) is 32.9 Å². The molecule has 16 heavy (non-hydrogen) atoms. The summed E-state index contributed by atoms with van der Waals surface area (Å²) in [6, 6.07) is 0. The van der Waals surface area contributed by atoms with Crippen molar-refractivity contribution in [1.29, 1.82) is 0 Å². The summed E-state index contributed by atoms with van der Waals surface area (Å²) < 4.78 is 6.02. The lowest BCUT2D eigenvalue weighted by Gasteiger charge is -2.24. The van der Waals surface area contributed by atoms with Crippen molar-refractivity contribution in [2.24, 2.45) is 0 Å². The fourth-order valence-electron chi connectivity index (χ4n) is 3.07. The van der Waals surface area contributed by atoms with Crippen LogP contribution < -0.4 is 5.43 Å². The molecule has 3 rings (SSSR count). The van der Waals surface area contributed by atoms with Gasteiger partial charge in [0, 0.05) is 23.5 Å². The van der Waals surface area contributed by atoms with Gasteiger partial charge in [0.1, 0.15) is 11.5 Å². The van der Waals surface area contributed by atoms with E-state index in [9.17, 15) is 4.79 Å². The van der Waals surface area contributed by atoms with Crippen LogP contribution in [0.4, 0.5) is 0 Å². The molecule has 2 nitrogen and oxygen atoms in total. The molecule has 0 aliphatic heterocycles. The van der Waals surface area contributed by atoms with E-state index in [1.165, 1.54) is 6.42 Å². The van der Waals surface area contributed by atoms with Gasteiger partial charge in [-0.25, -0.2) is 0 Å². The summed E-state index contributed by atoms with van der Waals surface area (Å²) in [5, 5.41) is 0. The highest BCUT2D eigenvalue weighted by Crippen LogP contribution is 2.32. The van der Waals surface area contributed by atoms with Crippen LogP contribution in [0, 0.1) is 0 Å². The van der Waals surface area contributed by atoms with Crippen molar-refractivity contribution in [3.63, 3.8) is 0 Å². The van der Waals surface area contributed by atoms with E-state index >= 15 is 0 Å². The molecule has 2 aliphatic rings. The van der Waals surface area contributed by atoms with Crippen LogP contribution in [0.5, 0.6) is 0 Å². The maximum Gasteiger partial charge on any atom is 0.191 e. The molecule has 2 aliphatic carbocycles. The van der Waals surface area contributed by atoms with Gasteiger partial charge in [0.15, 0.2) is 5.43 Å². The van der Waals surface area contributed by atoms with Gasteiger partial charge in [-0.15, -0.1) is 0 Å². The fraction of sp³-hybridized carbons (Fsp3) is 0.643. The molecule has 1 aromatic heterocycles. The van der Waals surface area contributed by atoms with E-state index < -0.39 is 0 Å². The van der Waals surface area contributed by atoms with Crippen LogP contribution in [0.15, 0.2) is 9.21 Å². The number of rotatable bonds is 0. The highest BCUT2D eigenvalue weighted by Gasteiger charge is 2.26. The molecule has 0 saturated carbocycles. The van der Waals surface area contributed by atoms with E-state index in [-0.39, 0.29) is 0 Å². The number of hydrogen-bond acceptors (Lipinski definition) is 2. The van der Waals surface area contributed by atoms with Crippen LogP contribution in [0.1, 0.15) is 61.2 Å². The zero-order valence-electron chi connectivity index (χ0n) is 9.84. The molecule has 0 N–H and O–H groups in total. The summed E-state index contributed by atoms with van der Waals surface area (Å²) >= 11 is 0. The molecule has 0 saturated heterocycles. The SMILES string of the molecule is C[C@@H]1CCCc2c1oc1c(c2=O)CCCC1. The molecule has 86 valence electrons. The van der Waals surface area contributed by atoms with Crippen molar-refractivity contribution < 1.29 is 4.42 Å². The molecule has 0 bridgehead atoms. The van der Waals surface area contributed by atoms with Crippen molar-refractivity contribution in [3.8, 4) is 0 Å². The van der Waals surface area contributed by atoms with Gasteiger partial charge in [-0.05, 0) is 38.5 Å². The highest BCUT2D eigenvalue weighted by molar-refractivity contribution is 5.32. The maximum atomic E-state index is 12.3. The Bertz CT molecular complexity index is 470. The predicted octanol–water partition coefficient (Wildman–Crippen LogP) is 2.96. The summed E-state index contributed by atoms with van der Waals surface area (Å²) in [6.45, 7) is 2.18. The first kappa shape index (κ1) is 10.1. The molecule has 1 heterocycles. The number of hydrogen-bond donors (Lipinski definition) is 0. The average molecular weight is 218 g/mol. The zero-order chi connectivity index (χ0) is 11.1. The summed E-state index contributed by atoms with van der Waals surface area (Å²) in [5.41, 5.74) is 2.28. The van der Waals surface area contributed by atoms with Gasteiger partial charge >= 0.3 is 0 Å². The first-order valence-electron chi connectivity index (χ1n) is 6.45. The molecule has 1 aromatic rings. The van der Waals surface area contributed by atoms with Gasteiger partial charge in [0.2, 0.25) is 0 Å². The van der Waals surface area contributed by atoms with E-state index in [0.29, 0.717) is 11.3 Å². The predicted molar refractivity (Wildman–Crippen MR) is 63.0 cm³/mol. The summed E-state index contributed by atoms with van der Waals surface area (Å²) in [6.07, 6.45) is 7.43. The van der Waals surface area contributed by atoms with Gasteiger partial charge in [-0.3, -0.25) is 4.79 Å². The molecular weight excluding hydrogens is 200 g/mol. The molecule has 0 fully saturated rings. The summed E-state index contributed by atoms with van der Waals surface area (Å²) in [7, 11) is 0. The fourth-order valence-corrected chi connectivity index (χ4v) is 3.07. The topological polar surface area (TPSA) is 30.2 Å². The Labute approximate surface area is 95.7 Å². The van der Waals surface area contributed by atoms with Crippen LogP contribution in [0.2, 0.25) is 0 Å². The van der Waals surface area contributed by atoms with Gasteiger partial charge in [0.25, 0.3) is 0 Å². The Balaban J connectivity index is 2.22. The maximum absolute atomic E-state index is 12.3. The van der Waals surface area contributed by atoms with Crippen LogP contribution in [0.3, 0.4) is 0 Å². The monoisotopic (exact) mass is 218 g/mol. The van der Waals surface area contributed by atoms with E-state index in [2.05, 4.69) is 6.92 Å². The van der Waals surface area contributed by atoms with Crippen LogP contribution in [-0.4, -0.2) is 0 Å². The van der Waals surface area contributed by atoms with Gasteiger partial charge in [-0.1, -0.05) is 6.92 Å². The minimum Gasteiger partial charge on any atom is -0.465 e. The summed E-state index contributed by atoms with van der Waals surface area (Å²) in [4.78, 5) is 12.3. The average Bonchev–Trinajstić information content (AvgIpc) is 2.31. The lowest BCUT2D eigenvalue weighted by molar-refractivity contribution is 0.366. The minimum atomic E-state index is 0.308. The van der Waals surface area contributed by atoms with Crippen LogP contribution in [0.25, 0.3) is 0 Å². The van der Waals surface area contributed by atoms with Gasteiger partial charge in [0.05, 0.1) is 0 Å². The number of fused-ring (bicyclic) bond motifs is 2. The molecule has 0 amide bonds. The van der Waals surface area contributed by atoms with Crippen molar-refractivity contribution in [2.45, 2.75) is 57.8 Å². The first-order chi connectivity index (χ1) is 7.77. The quantitative estimate of drug-likeness (QED) is 0.670. The second kappa shape index (κ2) is 3.76. The van der Waals surface area contributed by atoms with Crippen molar-refractivity contribution in [1.82, 2.24) is 0 Å². The molecule has 2 heteroatoms. The highest BCUT2D eigenvalue weighted by atomic mass is 16.3. The third-order valence-electron chi connectivity index (χ3n) is 4.01. The van der Waals surface area contributed by atoms with Gasteiger partial charge in [-0.2, -0.15) is 0 Å². The van der Waals surface area contributed by atoms with Gasteiger partial charge < -0.3 is 4.42 Å². The first-order valence-corrected chi connectivity index (χ1v) is 6.45. The number of aryl methyl sites for hydroxylation is 1. The third kappa shape index (κ3) is 1.43. The zero-order valence-corrected chi connectivity index (χ0v) is 9.84. The second-order valence-electron chi connectivity index (χ2n) is 5.18. The standard InChI is InChI=1S/C14H18O2/c1-9-5-4-7-11-13(15)10-6-2-3-8-12(10)16-14(9)11/h9H,2-8H2,1H3/t9-/m1/s1. The van der Waals surface area contributed by atoms with Crippen LogP contribution in [-0.2, 0) is 19.3 Å². The Morgan fingerprint density at radius 3 is 2.69 bits per heavy atom. The Hall–Kier alpha value is -1.05.